The summed E-state index contributed by atoms with van der Waals surface area (Å²) < 4.78 is 28.0. The molecule has 0 unspecified atom stereocenters. The lowest BCUT2D eigenvalue weighted by Gasteiger charge is -2.10. The summed E-state index contributed by atoms with van der Waals surface area (Å²) in [6.45, 7) is 0. The van der Waals surface area contributed by atoms with Crippen molar-refractivity contribution in [2.75, 3.05) is 11.1 Å². The lowest BCUT2D eigenvalue weighted by molar-refractivity contribution is 0.101. The molecule has 0 aliphatic rings. The third-order valence-corrected chi connectivity index (χ3v) is 3.19. The number of halogens is 3. The molecule has 0 aromatic heterocycles. The van der Waals surface area contributed by atoms with Crippen LogP contribution in [0.25, 0.3) is 0 Å². The van der Waals surface area contributed by atoms with Crippen molar-refractivity contribution in [1.29, 1.82) is 5.26 Å². The van der Waals surface area contributed by atoms with Crippen LogP contribution in [0.5, 0.6) is 0 Å². The van der Waals surface area contributed by atoms with Crippen LogP contribution in [0.1, 0.15) is 15.9 Å². The molecule has 0 aliphatic carbocycles. The standard InChI is InChI=1S/C14H8BrF2N3O/c15-8-1-4-11(7(5-8)6-18)20-14(21)12-9(16)2-3-10(19)13(12)17/h1-5H,19H2,(H,20,21). The highest BCUT2D eigenvalue weighted by atomic mass is 79.9. The average Bonchev–Trinajstić information content (AvgIpc) is 2.45. The third-order valence-electron chi connectivity index (χ3n) is 2.70. The zero-order chi connectivity index (χ0) is 15.6. The topological polar surface area (TPSA) is 78.9 Å². The number of amides is 1. The maximum absolute atomic E-state index is 13.8. The van der Waals surface area contributed by atoms with Crippen LogP contribution in [0.4, 0.5) is 20.2 Å². The summed E-state index contributed by atoms with van der Waals surface area (Å²) in [5.41, 5.74) is 4.49. The second-order valence-electron chi connectivity index (χ2n) is 4.08. The van der Waals surface area contributed by atoms with E-state index in [1.807, 2.05) is 6.07 Å². The summed E-state index contributed by atoms with van der Waals surface area (Å²) in [5.74, 6) is -3.19. The van der Waals surface area contributed by atoms with E-state index in [1.165, 1.54) is 12.1 Å². The van der Waals surface area contributed by atoms with Gasteiger partial charge in [-0.05, 0) is 30.3 Å². The Hall–Kier alpha value is -2.46. The van der Waals surface area contributed by atoms with Gasteiger partial charge in [-0.25, -0.2) is 8.78 Å². The van der Waals surface area contributed by atoms with E-state index in [2.05, 4.69) is 21.2 Å². The first kappa shape index (κ1) is 14.9. The first-order valence-electron chi connectivity index (χ1n) is 5.68. The van der Waals surface area contributed by atoms with Gasteiger partial charge in [0.1, 0.15) is 17.4 Å². The Bertz CT molecular complexity index is 772. The monoisotopic (exact) mass is 351 g/mol. The minimum atomic E-state index is -1.14. The number of nitrogens with zero attached hydrogens (tertiary/aromatic N) is 1. The molecule has 0 saturated carbocycles. The van der Waals surface area contributed by atoms with Crippen LogP contribution in [0.15, 0.2) is 34.8 Å². The normalized spacial score (nSPS) is 10.0. The maximum atomic E-state index is 13.8. The SMILES string of the molecule is N#Cc1cc(Br)ccc1NC(=O)c1c(F)ccc(N)c1F. The van der Waals surface area contributed by atoms with Crippen molar-refractivity contribution < 1.29 is 13.6 Å². The molecule has 2 rings (SSSR count). The number of anilines is 2. The van der Waals surface area contributed by atoms with Gasteiger partial charge in [0.15, 0.2) is 5.82 Å². The molecule has 0 fully saturated rings. The first-order valence-corrected chi connectivity index (χ1v) is 6.48. The fourth-order valence-corrected chi connectivity index (χ4v) is 2.04. The number of carbonyl (C=O) groups excluding carboxylic acids is 1. The summed E-state index contributed by atoms with van der Waals surface area (Å²) in [7, 11) is 0. The molecule has 1 amide bonds. The highest BCUT2D eigenvalue weighted by Gasteiger charge is 2.20. The van der Waals surface area contributed by atoms with E-state index < -0.39 is 23.1 Å². The molecular weight excluding hydrogens is 344 g/mol. The van der Waals surface area contributed by atoms with E-state index >= 15 is 0 Å². The van der Waals surface area contributed by atoms with E-state index in [9.17, 15) is 13.6 Å². The van der Waals surface area contributed by atoms with Crippen LogP contribution in [-0.4, -0.2) is 5.91 Å². The molecule has 4 nitrogen and oxygen atoms in total. The number of benzene rings is 2. The van der Waals surface area contributed by atoms with Gasteiger partial charge in [0, 0.05) is 4.47 Å². The number of carbonyl (C=O) groups is 1. The van der Waals surface area contributed by atoms with Gasteiger partial charge in [-0.2, -0.15) is 5.26 Å². The van der Waals surface area contributed by atoms with E-state index in [4.69, 9.17) is 11.0 Å². The molecule has 7 heteroatoms. The predicted octanol–water partition coefficient (Wildman–Crippen LogP) is 3.43. The zero-order valence-electron chi connectivity index (χ0n) is 10.5. The van der Waals surface area contributed by atoms with Gasteiger partial charge in [0.05, 0.1) is 16.9 Å². The van der Waals surface area contributed by atoms with Crippen molar-refractivity contribution in [2.45, 2.75) is 0 Å². The number of nitrogens with one attached hydrogen (secondary N) is 1. The lowest BCUT2D eigenvalue weighted by atomic mass is 10.1. The molecule has 0 radical (unpaired) electrons. The molecule has 106 valence electrons. The van der Waals surface area contributed by atoms with Crippen LogP contribution >= 0.6 is 15.9 Å². The second kappa shape index (κ2) is 5.89. The van der Waals surface area contributed by atoms with Crippen LogP contribution in [0.3, 0.4) is 0 Å². The third kappa shape index (κ3) is 3.01. The van der Waals surface area contributed by atoms with E-state index in [0.717, 1.165) is 12.1 Å². The first-order chi connectivity index (χ1) is 9.93. The number of nitriles is 1. The Morgan fingerprint density at radius 2 is 2.00 bits per heavy atom. The van der Waals surface area contributed by atoms with E-state index in [0.29, 0.717) is 4.47 Å². The Morgan fingerprint density at radius 3 is 2.67 bits per heavy atom. The fraction of sp³-hybridized carbons (Fsp3) is 0. The molecule has 2 aromatic rings. The molecule has 2 aromatic carbocycles. The molecule has 0 atom stereocenters. The lowest BCUT2D eigenvalue weighted by Crippen LogP contribution is -2.17. The number of nitrogen functional groups attached to an aromatic ring is 1. The van der Waals surface area contributed by atoms with Gasteiger partial charge >= 0.3 is 0 Å². The molecule has 0 saturated heterocycles. The van der Waals surface area contributed by atoms with Crippen molar-refractivity contribution in [3.8, 4) is 6.07 Å². The van der Waals surface area contributed by atoms with Crippen molar-refractivity contribution in [3.63, 3.8) is 0 Å². The minimum Gasteiger partial charge on any atom is -0.396 e. The van der Waals surface area contributed by atoms with E-state index in [1.54, 1.807) is 6.07 Å². The van der Waals surface area contributed by atoms with Crippen LogP contribution in [-0.2, 0) is 0 Å². The van der Waals surface area contributed by atoms with Gasteiger partial charge in [-0.1, -0.05) is 15.9 Å². The molecule has 21 heavy (non-hydrogen) atoms. The average molecular weight is 352 g/mol. The number of hydrogen-bond acceptors (Lipinski definition) is 3. The zero-order valence-corrected chi connectivity index (χ0v) is 12.0. The Balaban J connectivity index is 2.40. The summed E-state index contributed by atoms with van der Waals surface area (Å²) in [6.07, 6.45) is 0. The fourth-order valence-electron chi connectivity index (χ4n) is 1.68. The Labute approximate surface area is 127 Å². The highest BCUT2D eigenvalue weighted by Crippen LogP contribution is 2.23. The number of hydrogen-bond donors (Lipinski definition) is 2. The van der Waals surface area contributed by atoms with Crippen LogP contribution < -0.4 is 11.1 Å². The van der Waals surface area contributed by atoms with Gasteiger partial charge in [-0.3, -0.25) is 4.79 Å². The Kier molecular flexibility index (Phi) is 4.19. The highest BCUT2D eigenvalue weighted by molar-refractivity contribution is 9.10. The smallest absolute Gasteiger partial charge is 0.261 e. The number of nitrogens with two attached hydrogens (primary N) is 1. The van der Waals surface area contributed by atoms with Crippen LogP contribution in [0, 0.1) is 23.0 Å². The minimum absolute atomic E-state index is 0.145. The van der Waals surface area contributed by atoms with Gasteiger partial charge < -0.3 is 11.1 Å². The number of rotatable bonds is 2. The molecule has 0 spiro atoms. The summed E-state index contributed by atoms with van der Waals surface area (Å²) in [6, 6.07) is 8.32. The van der Waals surface area contributed by atoms with Crippen molar-refractivity contribution >= 4 is 33.2 Å². The Morgan fingerprint density at radius 1 is 1.29 bits per heavy atom. The van der Waals surface area contributed by atoms with Crippen molar-refractivity contribution in [1.82, 2.24) is 0 Å². The molecule has 0 heterocycles. The van der Waals surface area contributed by atoms with Gasteiger partial charge in [-0.15, -0.1) is 0 Å². The maximum Gasteiger partial charge on any atom is 0.261 e. The van der Waals surface area contributed by atoms with Gasteiger partial charge in [0.2, 0.25) is 0 Å². The molecule has 3 N–H and O–H groups in total. The quantitative estimate of drug-likeness (QED) is 0.813. The van der Waals surface area contributed by atoms with Gasteiger partial charge in [0.25, 0.3) is 5.91 Å². The summed E-state index contributed by atoms with van der Waals surface area (Å²) in [4.78, 5) is 12.0. The van der Waals surface area contributed by atoms with Crippen molar-refractivity contribution in [3.05, 3.63) is 57.6 Å². The summed E-state index contributed by atoms with van der Waals surface area (Å²) in [5, 5.41) is 11.3. The molecular formula is C14H8BrF2N3O. The molecule has 0 aliphatic heterocycles. The summed E-state index contributed by atoms with van der Waals surface area (Å²) >= 11 is 3.18. The van der Waals surface area contributed by atoms with Crippen LogP contribution in [0.2, 0.25) is 0 Å². The second-order valence-corrected chi connectivity index (χ2v) is 5.00. The van der Waals surface area contributed by atoms with E-state index in [-0.39, 0.29) is 16.9 Å². The predicted molar refractivity (Wildman–Crippen MR) is 77.6 cm³/mol. The molecule has 0 bridgehead atoms. The van der Waals surface area contributed by atoms with Crippen molar-refractivity contribution in [2.24, 2.45) is 0 Å². The largest absolute Gasteiger partial charge is 0.396 e.